The molecule has 1 aliphatic rings. The topological polar surface area (TPSA) is 76.1 Å². The van der Waals surface area contributed by atoms with E-state index in [2.05, 4.69) is 0 Å². The summed E-state index contributed by atoms with van der Waals surface area (Å²) < 4.78 is 11.0. The average molecular weight is 293 g/mol. The van der Waals surface area contributed by atoms with E-state index in [4.69, 9.17) is 14.6 Å². The second kappa shape index (κ2) is 5.27. The first-order valence-electron chi connectivity index (χ1n) is 6.72. The van der Waals surface area contributed by atoms with Gasteiger partial charge in [-0.1, -0.05) is 0 Å². The number of carboxylic acids is 1. The van der Waals surface area contributed by atoms with Crippen molar-refractivity contribution in [2.75, 3.05) is 11.4 Å². The number of anilines is 1. The van der Waals surface area contributed by atoms with Gasteiger partial charge in [-0.2, -0.15) is 0 Å². The van der Waals surface area contributed by atoms with Gasteiger partial charge in [0.15, 0.2) is 0 Å². The minimum atomic E-state index is -1.04. The van der Waals surface area contributed by atoms with Crippen molar-refractivity contribution in [1.29, 1.82) is 0 Å². The second-order valence-corrected chi connectivity index (χ2v) is 6.01. The SMILES string of the molecule is CC1CN(C(=O)OC(C)(C)C)c2ccc(C(=O)O)cc2O1. The Balaban J connectivity index is 2.35. The van der Waals surface area contributed by atoms with Crippen LogP contribution in [0.15, 0.2) is 18.2 Å². The molecule has 0 radical (unpaired) electrons. The molecule has 1 aliphatic heterocycles. The molecule has 6 nitrogen and oxygen atoms in total. The zero-order valence-corrected chi connectivity index (χ0v) is 12.5. The summed E-state index contributed by atoms with van der Waals surface area (Å²) >= 11 is 0. The van der Waals surface area contributed by atoms with Crippen LogP contribution in [0.5, 0.6) is 5.75 Å². The van der Waals surface area contributed by atoms with E-state index in [1.165, 1.54) is 17.0 Å². The Morgan fingerprint density at radius 1 is 1.38 bits per heavy atom. The van der Waals surface area contributed by atoms with Gasteiger partial charge in [-0.3, -0.25) is 4.90 Å². The molecule has 1 heterocycles. The third kappa shape index (κ3) is 3.45. The lowest BCUT2D eigenvalue weighted by Gasteiger charge is -2.34. The van der Waals surface area contributed by atoms with Crippen LogP contribution in [0.3, 0.4) is 0 Å². The second-order valence-electron chi connectivity index (χ2n) is 6.01. The van der Waals surface area contributed by atoms with E-state index in [9.17, 15) is 9.59 Å². The van der Waals surface area contributed by atoms with Gasteiger partial charge in [-0.15, -0.1) is 0 Å². The number of carbonyl (C=O) groups excluding carboxylic acids is 1. The van der Waals surface area contributed by atoms with Crippen LogP contribution in [0.25, 0.3) is 0 Å². The molecule has 21 heavy (non-hydrogen) atoms. The molecule has 1 amide bonds. The highest BCUT2D eigenvalue weighted by Gasteiger charge is 2.31. The van der Waals surface area contributed by atoms with Gasteiger partial charge < -0.3 is 14.6 Å². The summed E-state index contributed by atoms with van der Waals surface area (Å²) in [4.78, 5) is 24.8. The van der Waals surface area contributed by atoms with Crippen molar-refractivity contribution in [3.05, 3.63) is 23.8 Å². The Labute approximate surface area is 123 Å². The summed E-state index contributed by atoms with van der Waals surface area (Å²) in [5, 5.41) is 9.02. The van der Waals surface area contributed by atoms with Crippen molar-refractivity contribution in [2.45, 2.75) is 39.4 Å². The Hall–Kier alpha value is -2.24. The van der Waals surface area contributed by atoms with E-state index in [1.54, 1.807) is 26.8 Å². The van der Waals surface area contributed by atoms with Gasteiger partial charge in [0, 0.05) is 0 Å². The maximum atomic E-state index is 12.3. The number of ether oxygens (including phenoxy) is 2. The van der Waals surface area contributed by atoms with Gasteiger partial charge >= 0.3 is 12.1 Å². The van der Waals surface area contributed by atoms with Crippen LogP contribution in [0, 0.1) is 0 Å². The number of fused-ring (bicyclic) bond motifs is 1. The van der Waals surface area contributed by atoms with Crippen molar-refractivity contribution in [3.8, 4) is 5.75 Å². The van der Waals surface area contributed by atoms with E-state index < -0.39 is 17.7 Å². The lowest BCUT2D eigenvalue weighted by molar-refractivity contribution is 0.0552. The van der Waals surface area contributed by atoms with Crippen LogP contribution >= 0.6 is 0 Å². The molecule has 0 aromatic heterocycles. The predicted molar refractivity (Wildman–Crippen MR) is 77.1 cm³/mol. The number of hydrogen-bond acceptors (Lipinski definition) is 4. The number of amides is 1. The fourth-order valence-corrected chi connectivity index (χ4v) is 2.06. The Morgan fingerprint density at radius 2 is 2.05 bits per heavy atom. The largest absolute Gasteiger partial charge is 0.487 e. The highest BCUT2D eigenvalue weighted by atomic mass is 16.6. The van der Waals surface area contributed by atoms with Gasteiger partial charge in [0.1, 0.15) is 17.5 Å². The van der Waals surface area contributed by atoms with Crippen LogP contribution in [-0.4, -0.2) is 35.4 Å². The van der Waals surface area contributed by atoms with Crippen LogP contribution in [0.4, 0.5) is 10.5 Å². The van der Waals surface area contributed by atoms with Gasteiger partial charge in [-0.25, -0.2) is 9.59 Å². The van der Waals surface area contributed by atoms with E-state index in [0.717, 1.165) is 0 Å². The molecule has 0 spiro atoms. The highest BCUT2D eigenvalue weighted by molar-refractivity contribution is 5.93. The summed E-state index contributed by atoms with van der Waals surface area (Å²) in [5.74, 6) is -0.664. The molecule has 0 saturated heterocycles. The summed E-state index contributed by atoms with van der Waals surface area (Å²) in [6, 6.07) is 4.43. The summed E-state index contributed by atoms with van der Waals surface area (Å²) in [7, 11) is 0. The number of aromatic carboxylic acids is 1. The minimum Gasteiger partial charge on any atom is -0.487 e. The highest BCUT2D eigenvalue weighted by Crippen LogP contribution is 2.35. The van der Waals surface area contributed by atoms with Crippen LogP contribution in [0.1, 0.15) is 38.1 Å². The fourth-order valence-electron chi connectivity index (χ4n) is 2.06. The number of carbonyl (C=O) groups is 2. The first kappa shape index (κ1) is 15.2. The van der Waals surface area contributed by atoms with Gasteiger partial charge in [0.2, 0.25) is 0 Å². The zero-order valence-electron chi connectivity index (χ0n) is 12.5. The molecule has 0 fully saturated rings. The quantitative estimate of drug-likeness (QED) is 0.861. The van der Waals surface area contributed by atoms with Crippen LogP contribution < -0.4 is 9.64 Å². The standard InChI is InChI=1S/C15H19NO5/c1-9-8-16(14(19)21-15(2,3)4)11-6-5-10(13(17)18)7-12(11)20-9/h5-7,9H,8H2,1-4H3,(H,17,18). The fraction of sp³-hybridized carbons (Fsp3) is 0.467. The van der Waals surface area contributed by atoms with E-state index in [-0.39, 0.29) is 11.7 Å². The Kier molecular flexibility index (Phi) is 3.80. The lowest BCUT2D eigenvalue weighted by atomic mass is 10.1. The first-order chi connectivity index (χ1) is 9.67. The van der Waals surface area contributed by atoms with Gasteiger partial charge in [-0.05, 0) is 45.9 Å². The maximum absolute atomic E-state index is 12.3. The molecule has 1 unspecified atom stereocenters. The Bertz CT molecular complexity index is 576. The normalized spacial score (nSPS) is 17.7. The molecular formula is C15H19NO5. The molecule has 1 N–H and O–H groups in total. The van der Waals surface area contributed by atoms with Crippen LogP contribution in [-0.2, 0) is 4.74 Å². The van der Waals surface area contributed by atoms with E-state index in [0.29, 0.717) is 18.0 Å². The van der Waals surface area contributed by atoms with Gasteiger partial charge in [0.05, 0.1) is 17.8 Å². The van der Waals surface area contributed by atoms with Crippen LogP contribution in [0.2, 0.25) is 0 Å². The Morgan fingerprint density at radius 3 is 2.62 bits per heavy atom. The molecule has 0 aliphatic carbocycles. The van der Waals surface area contributed by atoms with Crippen molar-refractivity contribution >= 4 is 17.7 Å². The number of nitrogens with zero attached hydrogens (tertiary/aromatic N) is 1. The number of rotatable bonds is 1. The van der Waals surface area contributed by atoms with E-state index >= 15 is 0 Å². The lowest BCUT2D eigenvalue weighted by Crippen LogP contribution is -2.44. The molecule has 1 atom stereocenters. The van der Waals surface area contributed by atoms with Crippen molar-refractivity contribution in [2.24, 2.45) is 0 Å². The predicted octanol–water partition coefficient (Wildman–Crippen LogP) is 2.91. The third-order valence-corrected chi connectivity index (χ3v) is 2.88. The van der Waals surface area contributed by atoms with Crippen molar-refractivity contribution in [1.82, 2.24) is 0 Å². The van der Waals surface area contributed by atoms with Crippen molar-refractivity contribution in [3.63, 3.8) is 0 Å². The molecule has 1 aromatic carbocycles. The molecule has 2 rings (SSSR count). The number of hydrogen-bond donors (Lipinski definition) is 1. The molecular weight excluding hydrogens is 274 g/mol. The monoisotopic (exact) mass is 293 g/mol. The van der Waals surface area contributed by atoms with Crippen molar-refractivity contribution < 1.29 is 24.2 Å². The third-order valence-electron chi connectivity index (χ3n) is 2.88. The molecule has 6 heteroatoms. The minimum absolute atomic E-state index is 0.118. The summed E-state index contributed by atoms with van der Waals surface area (Å²) in [5.41, 5.74) is 0.0409. The zero-order chi connectivity index (χ0) is 15.8. The molecule has 114 valence electrons. The summed E-state index contributed by atoms with van der Waals surface area (Å²) in [6.45, 7) is 7.55. The van der Waals surface area contributed by atoms with E-state index in [1.807, 2.05) is 6.92 Å². The number of benzene rings is 1. The maximum Gasteiger partial charge on any atom is 0.415 e. The number of carboxylic acid groups (broad SMARTS) is 1. The first-order valence-corrected chi connectivity index (χ1v) is 6.72. The molecule has 0 bridgehead atoms. The smallest absolute Gasteiger partial charge is 0.415 e. The molecule has 0 saturated carbocycles. The molecule has 1 aromatic rings. The summed E-state index contributed by atoms with van der Waals surface area (Å²) in [6.07, 6.45) is -0.712. The van der Waals surface area contributed by atoms with Gasteiger partial charge in [0.25, 0.3) is 0 Å². The average Bonchev–Trinajstić information content (AvgIpc) is 2.34.